The van der Waals surface area contributed by atoms with Crippen molar-refractivity contribution in [3.63, 3.8) is 0 Å². The van der Waals surface area contributed by atoms with Gasteiger partial charge in [0.1, 0.15) is 5.75 Å². The molecule has 3 heterocycles. The van der Waals surface area contributed by atoms with Crippen LogP contribution in [0.15, 0.2) is 46.2 Å². The summed E-state index contributed by atoms with van der Waals surface area (Å²) >= 11 is 1.62. The Morgan fingerprint density at radius 2 is 2.15 bits per heavy atom. The minimum atomic E-state index is -0.189. The summed E-state index contributed by atoms with van der Waals surface area (Å²) in [6, 6.07) is 8.93. The molecule has 0 spiro atoms. The van der Waals surface area contributed by atoms with Crippen molar-refractivity contribution < 1.29 is 14.6 Å². The van der Waals surface area contributed by atoms with E-state index in [2.05, 4.69) is 10.0 Å². The number of carbonyl (C=O) groups excluding carboxylic acids is 1. The third-order valence-corrected chi connectivity index (χ3v) is 5.42. The van der Waals surface area contributed by atoms with Crippen molar-refractivity contribution in [2.45, 2.75) is 12.5 Å². The zero-order valence-electron chi connectivity index (χ0n) is 14.4. The maximum atomic E-state index is 13.0. The summed E-state index contributed by atoms with van der Waals surface area (Å²) in [7, 11) is 0. The normalized spacial score (nSPS) is 21.0. The van der Waals surface area contributed by atoms with Gasteiger partial charge in [-0.15, -0.1) is 0 Å². The highest BCUT2D eigenvalue weighted by Gasteiger charge is 2.34. The molecule has 2 aromatic rings. The number of carbonyl (C=O) groups is 1. The number of hydrogen-bond donors (Lipinski definition) is 1. The highest BCUT2D eigenvalue weighted by Crippen LogP contribution is 2.34. The lowest BCUT2D eigenvalue weighted by Crippen LogP contribution is -2.43. The molecule has 1 atom stereocenters. The fourth-order valence-electron chi connectivity index (χ4n) is 3.36. The highest BCUT2D eigenvalue weighted by atomic mass is 32.1. The fourth-order valence-corrected chi connectivity index (χ4v) is 4.02. The van der Waals surface area contributed by atoms with Crippen LogP contribution in [0.25, 0.3) is 0 Å². The third kappa shape index (κ3) is 3.65. The first-order valence-corrected chi connectivity index (χ1v) is 9.66. The first kappa shape index (κ1) is 17.2. The van der Waals surface area contributed by atoms with Gasteiger partial charge >= 0.3 is 0 Å². The highest BCUT2D eigenvalue weighted by molar-refractivity contribution is 7.08. The number of nitrogens with zero attached hydrogens (tertiary/aromatic N) is 3. The van der Waals surface area contributed by atoms with Gasteiger partial charge in [0.2, 0.25) is 0 Å². The lowest BCUT2D eigenvalue weighted by molar-refractivity contribution is -0.135. The quantitative estimate of drug-likeness (QED) is 0.897. The minimum absolute atomic E-state index is 0.0227. The zero-order chi connectivity index (χ0) is 17.9. The summed E-state index contributed by atoms with van der Waals surface area (Å²) in [5.41, 5.74) is 2.87. The monoisotopic (exact) mass is 371 g/mol. The minimum Gasteiger partial charge on any atom is -0.508 e. The second kappa shape index (κ2) is 7.57. The maximum absolute atomic E-state index is 13.0. The van der Waals surface area contributed by atoms with Crippen LogP contribution in [0.2, 0.25) is 0 Å². The Labute approximate surface area is 156 Å². The lowest BCUT2D eigenvalue weighted by Gasteiger charge is -2.29. The fraction of sp³-hybridized carbons (Fsp3) is 0.368. The van der Waals surface area contributed by atoms with E-state index in [-0.39, 0.29) is 17.7 Å². The van der Waals surface area contributed by atoms with Gasteiger partial charge in [-0.25, -0.2) is 5.01 Å². The molecule has 26 heavy (non-hydrogen) atoms. The number of phenolic OH excluding ortho intramolecular Hbond substituents is 1. The molecule has 2 aliphatic rings. The molecule has 0 bridgehead atoms. The summed E-state index contributed by atoms with van der Waals surface area (Å²) < 4.78 is 5.36. The van der Waals surface area contributed by atoms with Crippen LogP contribution in [0.3, 0.4) is 0 Å². The van der Waals surface area contributed by atoms with Gasteiger partial charge in [0.25, 0.3) is 5.91 Å². The van der Waals surface area contributed by atoms with Crippen molar-refractivity contribution in [1.29, 1.82) is 0 Å². The van der Waals surface area contributed by atoms with E-state index in [1.54, 1.807) is 34.5 Å². The molecule has 6 nitrogen and oxygen atoms in total. The van der Waals surface area contributed by atoms with Gasteiger partial charge < -0.3 is 9.84 Å². The Balaban J connectivity index is 1.58. The van der Waals surface area contributed by atoms with Crippen LogP contribution in [0.5, 0.6) is 5.75 Å². The van der Waals surface area contributed by atoms with Gasteiger partial charge in [0.05, 0.1) is 31.5 Å². The van der Waals surface area contributed by atoms with Crippen LogP contribution in [0.1, 0.15) is 23.6 Å². The van der Waals surface area contributed by atoms with Crippen LogP contribution in [-0.2, 0) is 9.53 Å². The molecule has 0 radical (unpaired) electrons. The Morgan fingerprint density at radius 3 is 2.88 bits per heavy atom. The molecular weight excluding hydrogens is 350 g/mol. The van der Waals surface area contributed by atoms with E-state index < -0.39 is 0 Å². The average molecular weight is 371 g/mol. The molecule has 4 rings (SSSR count). The van der Waals surface area contributed by atoms with Gasteiger partial charge in [-0.2, -0.15) is 16.4 Å². The second-order valence-electron chi connectivity index (χ2n) is 6.50. The van der Waals surface area contributed by atoms with Gasteiger partial charge in [0, 0.05) is 25.1 Å². The molecule has 0 aliphatic carbocycles. The Kier molecular flexibility index (Phi) is 5.01. The number of hydrazone groups is 1. The number of benzene rings is 1. The number of amides is 1. The van der Waals surface area contributed by atoms with Crippen molar-refractivity contribution in [2.24, 2.45) is 5.10 Å². The number of aromatic hydroxyl groups is 1. The summed E-state index contributed by atoms with van der Waals surface area (Å²) in [5.74, 6) is 0.178. The van der Waals surface area contributed by atoms with Gasteiger partial charge in [0.15, 0.2) is 0 Å². The predicted molar refractivity (Wildman–Crippen MR) is 100 cm³/mol. The van der Waals surface area contributed by atoms with Gasteiger partial charge in [-0.3, -0.25) is 9.69 Å². The van der Waals surface area contributed by atoms with Crippen molar-refractivity contribution in [2.75, 3.05) is 32.8 Å². The SMILES string of the molecule is O=C(CN1CCOCC1)N1N=C(c2ccsc2)CC1c1cccc(O)c1. The van der Waals surface area contributed by atoms with Gasteiger partial charge in [-0.05, 0) is 34.5 Å². The molecule has 1 saturated heterocycles. The molecule has 7 heteroatoms. The van der Waals surface area contributed by atoms with E-state index in [1.165, 1.54) is 0 Å². The van der Waals surface area contributed by atoms with E-state index in [1.807, 2.05) is 22.9 Å². The first-order chi connectivity index (χ1) is 12.7. The summed E-state index contributed by atoms with van der Waals surface area (Å²) in [6.07, 6.45) is 0.648. The number of morpholine rings is 1. The van der Waals surface area contributed by atoms with Crippen molar-refractivity contribution >= 4 is 23.0 Å². The van der Waals surface area contributed by atoms with Crippen LogP contribution in [0.4, 0.5) is 0 Å². The van der Waals surface area contributed by atoms with E-state index in [4.69, 9.17) is 4.74 Å². The standard InChI is InChI=1S/C19H21N3O3S/c23-16-3-1-2-14(10-16)18-11-17(15-4-9-26-13-15)20-22(18)19(24)12-21-5-7-25-8-6-21/h1-4,9-10,13,18,23H,5-8,11-12H2. The molecule has 1 fully saturated rings. The van der Waals surface area contributed by atoms with Crippen LogP contribution < -0.4 is 0 Å². The molecule has 136 valence electrons. The van der Waals surface area contributed by atoms with Gasteiger partial charge in [-0.1, -0.05) is 12.1 Å². The predicted octanol–water partition coefficient (Wildman–Crippen LogP) is 2.46. The largest absolute Gasteiger partial charge is 0.508 e. The van der Waals surface area contributed by atoms with E-state index in [9.17, 15) is 9.90 Å². The first-order valence-electron chi connectivity index (χ1n) is 8.72. The van der Waals surface area contributed by atoms with E-state index in [0.29, 0.717) is 26.2 Å². The van der Waals surface area contributed by atoms with Crippen molar-refractivity contribution in [3.05, 3.63) is 52.2 Å². The van der Waals surface area contributed by atoms with Crippen molar-refractivity contribution in [3.8, 4) is 5.75 Å². The Morgan fingerprint density at radius 1 is 1.31 bits per heavy atom. The van der Waals surface area contributed by atoms with E-state index in [0.717, 1.165) is 29.9 Å². The number of hydrogen-bond acceptors (Lipinski definition) is 6. The Hall–Kier alpha value is -2.22. The van der Waals surface area contributed by atoms with Crippen molar-refractivity contribution in [1.82, 2.24) is 9.91 Å². The summed E-state index contributed by atoms with van der Waals surface area (Å²) in [5, 5.41) is 20.2. The maximum Gasteiger partial charge on any atom is 0.257 e. The number of rotatable bonds is 4. The third-order valence-electron chi connectivity index (χ3n) is 4.74. The lowest BCUT2D eigenvalue weighted by atomic mass is 9.99. The molecular formula is C19H21N3O3S. The van der Waals surface area contributed by atoms with Crippen LogP contribution in [0, 0.1) is 0 Å². The molecule has 1 aromatic carbocycles. The zero-order valence-corrected chi connectivity index (χ0v) is 15.2. The van der Waals surface area contributed by atoms with Crippen LogP contribution in [-0.4, -0.2) is 59.5 Å². The average Bonchev–Trinajstić information content (AvgIpc) is 3.32. The molecule has 1 unspecified atom stereocenters. The molecule has 1 aromatic heterocycles. The second-order valence-corrected chi connectivity index (χ2v) is 7.28. The van der Waals surface area contributed by atoms with Crippen LogP contribution >= 0.6 is 11.3 Å². The molecule has 1 amide bonds. The Bertz CT molecular complexity index is 800. The number of phenols is 1. The molecule has 0 saturated carbocycles. The smallest absolute Gasteiger partial charge is 0.257 e. The number of ether oxygens (including phenoxy) is 1. The summed E-state index contributed by atoms with van der Waals surface area (Å²) in [6.45, 7) is 3.17. The number of thiophene rings is 1. The topological polar surface area (TPSA) is 65.4 Å². The summed E-state index contributed by atoms with van der Waals surface area (Å²) in [4.78, 5) is 15.1. The molecule has 2 aliphatic heterocycles. The van der Waals surface area contributed by atoms with E-state index >= 15 is 0 Å². The molecule has 1 N–H and O–H groups in total.